The summed E-state index contributed by atoms with van der Waals surface area (Å²) in [7, 11) is 0. The monoisotopic (exact) mass is 354 g/mol. The van der Waals surface area contributed by atoms with Gasteiger partial charge in [-0.2, -0.15) is 0 Å². The first-order chi connectivity index (χ1) is 12.4. The molecule has 0 aliphatic heterocycles. The second-order valence-corrected chi connectivity index (χ2v) is 6.15. The molecule has 0 saturated carbocycles. The van der Waals surface area contributed by atoms with Crippen LogP contribution in [0.3, 0.4) is 0 Å². The molecule has 0 radical (unpaired) electrons. The van der Waals surface area contributed by atoms with Crippen LogP contribution in [0.4, 0.5) is 0 Å². The van der Waals surface area contributed by atoms with Crippen molar-refractivity contribution in [2.45, 2.75) is 47.5 Å². The van der Waals surface area contributed by atoms with Crippen LogP contribution in [0, 0.1) is 13.8 Å². The minimum atomic E-state index is -0.594. The molecule has 5 heteroatoms. The summed E-state index contributed by atoms with van der Waals surface area (Å²) in [6, 6.07) is 6.02. The van der Waals surface area contributed by atoms with Crippen molar-refractivity contribution in [2.75, 3.05) is 6.61 Å². The van der Waals surface area contributed by atoms with E-state index < -0.39 is 11.9 Å². The molecule has 1 amide bonds. The first kappa shape index (κ1) is 19.6. The number of ether oxygens (including phenoxy) is 1. The number of carbonyl (C=O) groups excluding carboxylic acids is 2. The average Bonchev–Trinajstić information content (AvgIpc) is 2.59. The normalized spacial score (nSPS) is 10.7. The highest BCUT2D eigenvalue weighted by Crippen LogP contribution is 2.37. The van der Waals surface area contributed by atoms with Gasteiger partial charge in [0.15, 0.2) is 0 Å². The first-order valence-electron chi connectivity index (χ1n) is 8.96. The molecule has 5 nitrogen and oxygen atoms in total. The van der Waals surface area contributed by atoms with Gasteiger partial charge in [-0.1, -0.05) is 32.0 Å². The molecule has 0 aliphatic carbocycles. The second-order valence-electron chi connectivity index (χ2n) is 6.15. The standard InChI is InChI=1S/C21H26N2O3/c1-6-14-10-9-11-15(7-2)18(14)19-16(20(22)24)12(4)23-13(5)17(19)21(25)26-8-3/h9-11H,6-8H2,1-5H3,(H2,22,24). The molecule has 26 heavy (non-hydrogen) atoms. The number of benzene rings is 1. The maximum absolute atomic E-state index is 12.7. The molecule has 1 aromatic heterocycles. The van der Waals surface area contributed by atoms with Crippen LogP contribution in [0.2, 0.25) is 0 Å². The lowest BCUT2D eigenvalue weighted by Crippen LogP contribution is -2.21. The summed E-state index contributed by atoms with van der Waals surface area (Å²) in [4.78, 5) is 29.4. The van der Waals surface area contributed by atoms with Crippen LogP contribution in [0.15, 0.2) is 18.2 Å². The zero-order valence-corrected chi connectivity index (χ0v) is 16.1. The Morgan fingerprint density at radius 1 is 0.962 bits per heavy atom. The van der Waals surface area contributed by atoms with Crippen molar-refractivity contribution < 1.29 is 14.3 Å². The van der Waals surface area contributed by atoms with Crippen molar-refractivity contribution >= 4 is 11.9 Å². The number of hydrogen-bond donors (Lipinski definition) is 1. The van der Waals surface area contributed by atoms with Crippen molar-refractivity contribution in [3.05, 3.63) is 51.8 Å². The van der Waals surface area contributed by atoms with Crippen LogP contribution in [-0.2, 0) is 17.6 Å². The summed E-state index contributed by atoms with van der Waals surface area (Å²) in [6.45, 7) is 9.59. The molecule has 0 saturated heterocycles. The molecule has 0 bridgehead atoms. The number of esters is 1. The lowest BCUT2D eigenvalue weighted by molar-refractivity contribution is 0.0526. The fourth-order valence-electron chi connectivity index (χ4n) is 3.42. The Balaban J connectivity index is 3.04. The largest absolute Gasteiger partial charge is 0.462 e. The van der Waals surface area contributed by atoms with Gasteiger partial charge >= 0.3 is 5.97 Å². The van der Waals surface area contributed by atoms with Crippen molar-refractivity contribution in [2.24, 2.45) is 5.73 Å². The molecule has 2 N–H and O–H groups in total. The summed E-state index contributed by atoms with van der Waals surface area (Å²) in [5.74, 6) is -1.08. The smallest absolute Gasteiger partial charge is 0.340 e. The van der Waals surface area contributed by atoms with Gasteiger partial charge in [0, 0.05) is 5.56 Å². The van der Waals surface area contributed by atoms with E-state index in [-0.39, 0.29) is 12.2 Å². The number of nitrogens with two attached hydrogens (primary N) is 1. The Morgan fingerprint density at radius 2 is 1.50 bits per heavy atom. The second kappa shape index (κ2) is 8.13. The van der Waals surface area contributed by atoms with Gasteiger partial charge in [0.25, 0.3) is 5.91 Å². The number of pyridine rings is 1. The molecule has 2 aromatic rings. The number of hydrogen-bond acceptors (Lipinski definition) is 4. The highest BCUT2D eigenvalue weighted by molar-refractivity contribution is 6.09. The molecular formula is C21H26N2O3. The topological polar surface area (TPSA) is 82.3 Å². The van der Waals surface area contributed by atoms with Gasteiger partial charge < -0.3 is 10.5 Å². The quantitative estimate of drug-likeness (QED) is 0.801. The maximum Gasteiger partial charge on any atom is 0.340 e. The maximum atomic E-state index is 12.7. The van der Waals surface area contributed by atoms with Crippen LogP contribution in [0.25, 0.3) is 11.1 Å². The summed E-state index contributed by atoms with van der Waals surface area (Å²) < 4.78 is 5.26. The van der Waals surface area contributed by atoms with E-state index in [9.17, 15) is 9.59 Å². The van der Waals surface area contributed by atoms with E-state index in [2.05, 4.69) is 4.98 Å². The van der Waals surface area contributed by atoms with E-state index in [0.717, 1.165) is 29.5 Å². The van der Waals surface area contributed by atoms with Gasteiger partial charge in [0.05, 0.1) is 29.1 Å². The SMILES string of the molecule is CCOC(=O)c1c(C)nc(C)c(C(N)=O)c1-c1c(CC)cccc1CC. The number of aromatic nitrogens is 1. The van der Waals surface area contributed by atoms with Gasteiger partial charge in [-0.25, -0.2) is 4.79 Å². The number of primary amides is 1. The molecule has 2 rings (SSSR count). The zero-order chi connectivity index (χ0) is 19.4. The molecular weight excluding hydrogens is 328 g/mol. The fourth-order valence-corrected chi connectivity index (χ4v) is 3.42. The molecule has 0 spiro atoms. The number of aryl methyl sites for hydroxylation is 4. The zero-order valence-electron chi connectivity index (χ0n) is 16.1. The van der Waals surface area contributed by atoms with Gasteiger partial charge in [-0.3, -0.25) is 9.78 Å². The summed E-state index contributed by atoms with van der Waals surface area (Å²) >= 11 is 0. The molecule has 138 valence electrons. The minimum absolute atomic E-state index is 0.244. The molecule has 0 unspecified atom stereocenters. The third-order valence-corrected chi connectivity index (χ3v) is 4.53. The van der Waals surface area contributed by atoms with Crippen molar-refractivity contribution in [3.63, 3.8) is 0 Å². The van der Waals surface area contributed by atoms with E-state index in [4.69, 9.17) is 10.5 Å². The van der Waals surface area contributed by atoms with Gasteiger partial charge in [0.2, 0.25) is 0 Å². The molecule has 0 aliphatic rings. The Kier molecular flexibility index (Phi) is 6.14. The van der Waals surface area contributed by atoms with Crippen molar-refractivity contribution in [1.29, 1.82) is 0 Å². The Hall–Kier alpha value is -2.69. The van der Waals surface area contributed by atoms with E-state index in [1.807, 2.05) is 32.0 Å². The molecule has 0 atom stereocenters. The Morgan fingerprint density at radius 3 is 1.96 bits per heavy atom. The number of carbonyl (C=O) groups is 2. The Labute approximate surface area is 154 Å². The lowest BCUT2D eigenvalue weighted by Gasteiger charge is -2.21. The van der Waals surface area contributed by atoms with Crippen molar-refractivity contribution in [1.82, 2.24) is 4.98 Å². The molecule has 1 heterocycles. The van der Waals surface area contributed by atoms with Gasteiger partial charge in [-0.15, -0.1) is 0 Å². The minimum Gasteiger partial charge on any atom is -0.462 e. The molecule has 1 aromatic carbocycles. The number of amides is 1. The van der Waals surface area contributed by atoms with Gasteiger partial charge in [0.1, 0.15) is 0 Å². The highest BCUT2D eigenvalue weighted by Gasteiger charge is 2.28. The third-order valence-electron chi connectivity index (χ3n) is 4.53. The van der Waals surface area contributed by atoms with Crippen LogP contribution in [0.5, 0.6) is 0 Å². The van der Waals surface area contributed by atoms with Crippen molar-refractivity contribution in [3.8, 4) is 11.1 Å². The predicted molar refractivity (Wildman–Crippen MR) is 102 cm³/mol. The average molecular weight is 354 g/mol. The summed E-state index contributed by atoms with van der Waals surface area (Å²) in [6.07, 6.45) is 1.54. The van der Waals surface area contributed by atoms with E-state index >= 15 is 0 Å². The van der Waals surface area contributed by atoms with Crippen LogP contribution in [0.1, 0.15) is 64.0 Å². The predicted octanol–water partition coefficient (Wildman–Crippen LogP) is 3.77. The Bertz CT molecular complexity index is 835. The van der Waals surface area contributed by atoms with Crippen LogP contribution in [-0.4, -0.2) is 23.5 Å². The summed E-state index contributed by atoms with van der Waals surface area (Å²) in [5.41, 5.74) is 10.9. The number of nitrogens with zero attached hydrogens (tertiary/aromatic N) is 1. The fraction of sp³-hybridized carbons (Fsp3) is 0.381. The first-order valence-corrected chi connectivity index (χ1v) is 8.96. The van der Waals surface area contributed by atoms with E-state index in [1.165, 1.54) is 0 Å². The lowest BCUT2D eigenvalue weighted by atomic mass is 9.85. The third kappa shape index (κ3) is 3.47. The van der Waals surface area contributed by atoms with E-state index in [1.54, 1.807) is 20.8 Å². The highest BCUT2D eigenvalue weighted by atomic mass is 16.5. The van der Waals surface area contributed by atoms with Crippen LogP contribution < -0.4 is 5.73 Å². The van der Waals surface area contributed by atoms with Gasteiger partial charge in [-0.05, 0) is 50.3 Å². The summed E-state index contributed by atoms with van der Waals surface area (Å²) in [5, 5.41) is 0. The van der Waals surface area contributed by atoms with E-state index in [0.29, 0.717) is 22.5 Å². The van der Waals surface area contributed by atoms with Crippen LogP contribution >= 0.6 is 0 Å². The number of rotatable bonds is 6. The molecule has 0 fully saturated rings.